The van der Waals surface area contributed by atoms with Crippen LogP contribution in [0.3, 0.4) is 0 Å². The molecule has 34 heavy (non-hydrogen) atoms. The number of aryl methyl sites for hydroxylation is 2. The molecule has 178 valence electrons. The maximum atomic E-state index is 13.9. The Bertz CT molecular complexity index is 1180. The van der Waals surface area contributed by atoms with Crippen molar-refractivity contribution in [2.75, 3.05) is 13.2 Å². The van der Waals surface area contributed by atoms with Crippen molar-refractivity contribution in [3.8, 4) is 0 Å². The van der Waals surface area contributed by atoms with Gasteiger partial charge < -0.3 is 4.74 Å². The minimum atomic E-state index is -3.64. The summed E-state index contributed by atoms with van der Waals surface area (Å²) < 4.78 is 36.0. The second kappa shape index (κ2) is 10.0. The lowest BCUT2D eigenvalue weighted by Gasteiger charge is -2.50. The van der Waals surface area contributed by atoms with Gasteiger partial charge in [-0.05, 0) is 61.8 Å². The van der Waals surface area contributed by atoms with Gasteiger partial charge in [-0.1, -0.05) is 78.4 Å². The Morgan fingerprint density at radius 3 is 2.26 bits per heavy atom. The fourth-order valence-electron chi connectivity index (χ4n) is 5.78. The molecule has 0 saturated carbocycles. The quantitative estimate of drug-likeness (QED) is 0.454. The molecule has 0 radical (unpaired) electrons. The average Bonchev–Trinajstić information content (AvgIpc) is 2.88. The molecule has 2 aliphatic heterocycles. The molecule has 2 saturated heterocycles. The molecule has 2 fully saturated rings. The Kier molecular flexibility index (Phi) is 6.87. The molecule has 0 unspecified atom stereocenters. The molecule has 0 aliphatic carbocycles. The molecule has 0 aromatic heterocycles. The smallest absolute Gasteiger partial charge is 0.243 e. The molecular weight excluding hydrogens is 442 g/mol. The van der Waals surface area contributed by atoms with E-state index < -0.39 is 10.0 Å². The molecule has 0 spiro atoms. The van der Waals surface area contributed by atoms with Gasteiger partial charge >= 0.3 is 0 Å². The van der Waals surface area contributed by atoms with Crippen LogP contribution in [0.5, 0.6) is 0 Å². The van der Waals surface area contributed by atoms with Gasteiger partial charge in [0.2, 0.25) is 10.0 Å². The predicted molar refractivity (Wildman–Crippen MR) is 135 cm³/mol. The fraction of sp³-hybridized carbons (Fsp3) is 0.379. The molecule has 5 rings (SSSR count). The summed E-state index contributed by atoms with van der Waals surface area (Å²) in [6.45, 7) is 3.28. The van der Waals surface area contributed by atoms with Crippen LogP contribution in [0.1, 0.15) is 42.0 Å². The topological polar surface area (TPSA) is 46.6 Å². The van der Waals surface area contributed by atoms with E-state index in [2.05, 4.69) is 36.4 Å². The Labute approximate surface area is 203 Å². The van der Waals surface area contributed by atoms with Crippen LogP contribution in [-0.2, 0) is 21.2 Å². The third kappa shape index (κ3) is 4.70. The number of piperidine rings is 1. The maximum absolute atomic E-state index is 13.9. The van der Waals surface area contributed by atoms with Crippen LogP contribution in [0.25, 0.3) is 0 Å². The molecule has 0 bridgehead atoms. The van der Waals surface area contributed by atoms with Crippen LogP contribution >= 0.6 is 0 Å². The van der Waals surface area contributed by atoms with Gasteiger partial charge in [-0.15, -0.1) is 0 Å². The zero-order valence-electron chi connectivity index (χ0n) is 19.7. The first-order chi connectivity index (χ1) is 16.5. The summed E-state index contributed by atoms with van der Waals surface area (Å²) in [6.07, 6.45) is 3.73. The van der Waals surface area contributed by atoms with E-state index in [1.165, 1.54) is 5.56 Å². The molecule has 3 aromatic rings. The summed E-state index contributed by atoms with van der Waals surface area (Å²) in [5.74, 6) is 0.595. The molecule has 5 heteroatoms. The molecule has 4 nitrogen and oxygen atoms in total. The Balaban J connectivity index is 1.51. The Morgan fingerprint density at radius 1 is 0.882 bits per heavy atom. The number of hydrogen-bond donors (Lipinski definition) is 0. The van der Waals surface area contributed by atoms with Crippen LogP contribution in [0.15, 0.2) is 89.8 Å². The minimum absolute atomic E-state index is 0.0279. The average molecular weight is 476 g/mol. The second-order valence-electron chi connectivity index (χ2n) is 9.63. The van der Waals surface area contributed by atoms with Crippen LogP contribution in [-0.4, -0.2) is 32.0 Å². The first-order valence-corrected chi connectivity index (χ1v) is 13.8. The highest BCUT2D eigenvalue weighted by molar-refractivity contribution is 7.89. The van der Waals surface area contributed by atoms with Gasteiger partial charge in [0.1, 0.15) is 0 Å². The van der Waals surface area contributed by atoms with Gasteiger partial charge in [-0.3, -0.25) is 0 Å². The van der Waals surface area contributed by atoms with Crippen molar-refractivity contribution in [3.63, 3.8) is 0 Å². The minimum Gasteiger partial charge on any atom is -0.378 e. The number of hydrogen-bond acceptors (Lipinski definition) is 3. The van der Waals surface area contributed by atoms with Crippen molar-refractivity contribution >= 4 is 10.0 Å². The molecule has 0 N–H and O–H groups in total. The summed E-state index contributed by atoms with van der Waals surface area (Å²) in [5.41, 5.74) is 3.41. The van der Waals surface area contributed by atoms with Gasteiger partial charge in [0.25, 0.3) is 0 Å². The van der Waals surface area contributed by atoms with Crippen molar-refractivity contribution in [3.05, 3.63) is 102 Å². The molecule has 4 atom stereocenters. The zero-order chi connectivity index (χ0) is 23.5. The zero-order valence-corrected chi connectivity index (χ0v) is 20.5. The van der Waals surface area contributed by atoms with E-state index in [1.54, 1.807) is 16.4 Å². The van der Waals surface area contributed by atoms with Gasteiger partial charge in [0, 0.05) is 19.1 Å². The maximum Gasteiger partial charge on any atom is 0.243 e. The molecule has 2 aliphatic rings. The van der Waals surface area contributed by atoms with Crippen molar-refractivity contribution in [1.82, 2.24) is 4.31 Å². The van der Waals surface area contributed by atoms with E-state index in [4.69, 9.17) is 4.74 Å². The summed E-state index contributed by atoms with van der Waals surface area (Å²) in [4.78, 5) is 0.370. The van der Waals surface area contributed by atoms with Crippen molar-refractivity contribution in [2.24, 2.45) is 11.8 Å². The molecule has 2 heterocycles. The van der Waals surface area contributed by atoms with Crippen LogP contribution in [0.4, 0.5) is 0 Å². The van der Waals surface area contributed by atoms with Gasteiger partial charge in [-0.25, -0.2) is 8.42 Å². The number of rotatable bonds is 6. The SMILES string of the molecule is Cc1ccc(S(=O)(=O)N2CC[C@H]3CCO[C@@H](CCc4ccccc4)[C@@H]3[C@H]2c2ccccc2)cc1. The number of nitrogens with zero attached hydrogens (tertiary/aromatic N) is 1. The normalized spacial score (nSPS) is 25.6. The summed E-state index contributed by atoms with van der Waals surface area (Å²) in [6, 6.07) is 27.7. The third-order valence-corrected chi connectivity index (χ3v) is 9.41. The van der Waals surface area contributed by atoms with Crippen molar-refractivity contribution in [2.45, 2.75) is 49.6 Å². The van der Waals surface area contributed by atoms with Crippen LogP contribution in [0.2, 0.25) is 0 Å². The Morgan fingerprint density at radius 2 is 1.56 bits per heavy atom. The molecule has 3 aromatic carbocycles. The number of sulfonamides is 1. The molecule has 0 amide bonds. The third-order valence-electron chi connectivity index (χ3n) is 7.52. The highest BCUT2D eigenvalue weighted by Gasteiger charge is 2.48. The standard InChI is InChI=1S/C29H33NO3S/c1-22-12-15-26(16-13-22)34(31,32)30-20-18-24-19-21-33-27(17-14-23-8-4-2-5-9-23)28(24)29(30)25-10-6-3-7-11-25/h2-13,15-16,24,27-29H,14,17-21H2,1H3/t24-,27-,28+,29+/m0/s1. The van der Waals surface area contributed by atoms with Gasteiger partial charge in [0.05, 0.1) is 17.0 Å². The monoisotopic (exact) mass is 475 g/mol. The second-order valence-corrected chi connectivity index (χ2v) is 11.5. The largest absolute Gasteiger partial charge is 0.378 e. The van der Waals surface area contributed by atoms with Gasteiger partial charge in [0.15, 0.2) is 0 Å². The highest BCUT2D eigenvalue weighted by atomic mass is 32.2. The van der Waals surface area contributed by atoms with Crippen LogP contribution < -0.4 is 0 Å². The van der Waals surface area contributed by atoms with E-state index in [-0.39, 0.29) is 18.1 Å². The van der Waals surface area contributed by atoms with E-state index in [1.807, 2.05) is 43.3 Å². The van der Waals surface area contributed by atoms with E-state index in [0.717, 1.165) is 43.4 Å². The van der Waals surface area contributed by atoms with E-state index >= 15 is 0 Å². The highest BCUT2D eigenvalue weighted by Crippen LogP contribution is 2.48. The lowest BCUT2D eigenvalue weighted by atomic mass is 9.71. The summed E-state index contributed by atoms with van der Waals surface area (Å²) >= 11 is 0. The number of fused-ring (bicyclic) bond motifs is 1. The lowest BCUT2D eigenvalue weighted by molar-refractivity contribution is -0.100. The van der Waals surface area contributed by atoms with E-state index in [0.29, 0.717) is 17.4 Å². The lowest BCUT2D eigenvalue weighted by Crippen LogP contribution is -2.52. The van der Waals surface area contributed by atoms with E-state index in [9.17, 15) is 8.42 Å². The number of ether oxygens (including phenoxy) is 1. The first kappa shape index (κ1) is 23.3. The fourth-order valence-corrected chi connectivity index (χ4v) is 7.44. The van der Waals surface area contributed by atoms with Crippen LogP contribution in [0, 0.1) is 18.8 Å². The van der Waals surface area contributed by atoms with Gasteiger partial charge in [-0.2, -0.15) is 4.31 Å². The summed E-state index contributed by atoms with van der Waals surface area (Å²) in [7, 11) is -3.64. The predicted octanol–water partition coefficient (Wildman–Crippen LogP) is 5.78. The number of benzene rings is 3. The van der Waals surface area contributed by atoms with Crippen molar-refractivity contribution in [1.29, 1.82) is 0 Å². The van der Waals surface area contributed by atoms with Crippen molar-refractivity contribution < 1.29 is 13.2 Å². The first-order valence-electron chi connectivity index (χ1n) is 12.3. The Hall–Kier alpha value is -2.47. The summed E-state index contributed by atoms with van der Waals surface area (Å²) in [5, 5.41) is 0. The molecular formula is C29H33NO3S.